The Kier molecular flexibility index (Phi) is 8.60. The molecular weight excluding hydrogens is 422 g/mol. The van der Waals surface area contributed by atoms with Crippen molar-refractivity contribution in [2.45, 2.75) is 52.1 Å². The number of carbonyl (C=O) groups is 2. The minimum Gasteiger partial charge on any atom is -0.444 e. The van der Waals surface area contributed by atoms with Gasteiger partial charge in [0.15, 0.2) is 0 Å². The van der Waals surface area contributed by atoms with Gasteiger partial charge in [0.05, 0.1) is 0 Å². The molecule has 1 N–H and O–H groups in total. The summed E-state index contributed by atoms with van der Waals surface area (Å²) >= 11 is 3.40. The van der Waals surface area contributed by atoms with Crippen molar-refractivity contribution in [3.8, 4) is 0 Å². The number of hydrogen-bond donors (Lipinski definition) is 1. The van der Waals surface area contributed by atoms with Crippen LogP contribution >= 0.6 is 15.9 Å². The van der Waals surface area contributed by atoms with E-state index in [4.69, 9.17) is 4.74 Å². The number of hydrogen-bond acceptors (Lipinski definition) is 4. The van der Waals surface area contributed by atoms with E-state index < -0.39 is 5.60 Å². The van der Waals surface area contributed by atoms with Gasteiger partial charge in [0.25, 0.3) is 0 Å². The standard InChI is InChI=1S/C21H32BrN3O3/c1-21(2,3)28-20(27)25-15-13-24(14-16-25)18-10-8-17(9-11-18)23-19(26)7-5-4-6-12-22/h8-11H,4-7,12-16H2,1-3H3,(H,23,26). The molecule has 0 bridgehead atoms. The quantitative estimate of drug-likeness (QED) is 0.482. The van der Waals surface area contributed by atoms with Crippen LogP contribution in [0.15, 0.2) is 24.3 Å². The molecule has 0 aromatic heterocycles. The molecule has 2 rings (SSSR count). The monoisotopic (exact) mass is 453 g/mol. The van der Waals surface area contributed by atoms with E-state index in [1.54, 1.807) is 4.90 Å². The van der Waals surface area contributed by atoms with Crippen LogP contribution in [0.25, 0.3) is 0 Å². The number of amides is 2. The lowest BCUT2D eigenvalue weighted by Crippen LogP contribution is -2.50. The molecule has 0 unspecified atom stereocenters. The molecule has 1 aliphatic rings. The minimum atomic E-state index is -0.470. The molecule has 156 valence electrons. The van der Waals surface area contributed by atoms with Crippen molar-refractivity contribution in [2.24, 2.45) is 0 Å². The molecule has 1 aromatic carbocycles. The number of rotatable bonds is 7. The summed E-state index contributed by atoms with van der Waals surface area (Å²) in [5.41, 5.74) is 1.45. The molecular formula is C21H32BrN3O3. The highest BCUT2D eigenvalue weighted by Crippen LogP contribution is 2.21. The molecule has 1 fully saturated rings. The largest absolute Gasteiger partial charge is 0.444 e. The van der Waals surface area contributed by atoms with E-state index in [-0.39, 0.29) is 12.0 Å². The predicted molar refractivity (Wildman–Crippen MR) is 117 cm³/mol. The maximum atomic E-state index is 12.2. The van der Waals surface area contributed by atoms with Crippen LogP contribution in [0, 0.1) is 0 Å². The predicted octanol–water partition coefficient (Wildman–Crippen LogP) is 4.64. The molecule has 1 aromatic rings. The first-order chi connectivity index (χ1) is 13.3. The molecule has 1 saturated heterocycles. The van der Waals surface area contributed by atoms with Gasteiger partial charge in [-0.1, -0.05) is 22.4 Å². The van der Waals surface area contributed by atoms with Crippen LogP contribution in [-0.2, 0) is 9.53 Å². The Bertz CT molecular complexity index is 635. The summed E-state index contributed by atoms with van der Waals surface area (Å²) in [7, 11) is 0. The summed E-state index contributed by atoms with van der Waals surface area (Å²) in [6.07, 6.45) is 3.39. The molecule has 28 heavy (non-hydrogen) atoms. The zero-order chi connectivity index (χ0) is 20.6. The zero-order valence-electron chi connectivity index (χ0n) is 17.2. The maximum absolute atomic E-state index is 12.2. The van der Waals surface area contributed by atoms with Gasteiger partial charge in [0.1, 0.15) is 5.60 Å². The fraction of sp³-hybridized carbons (Fsp3) is 0.619. The van der Waals surface area contributed by atoms with Crippen LogP contribution in [0.1, 0.15) is 46.5 Å². The molecule has 0 radical (unpaired) electrons. The summed E-state index contributed by atoms with van der Waals surface area (Å²) in [6.45, 7) is 8.45. The molecule has 0 spiro atoms. The SMILES string of the molecule is CC(C)(C)OC(=O)N1CCN(c2ccc(NC(=O)CCCCCBr)cc2)CC1. The summed E-state index contributed by atoms with van der Waals surface area (Å²) < 4.78 is 5.44. The van der Waals surface area contributed by atoms with Gasteiger partial charge < -0.3 is 19.9 Å². The van der Waals surface area contributed by atoms with Crippen molar-refractivity contribution in [3.63, 3.8) is 0 Å². The van der Waals surface area contributed by atoms with Gasteiger partial charge in [0, 0.05) is 49.3 Å². The number of unbranched alkanes of at least 4 members (excludes halogenated alkanes) is 2. The average molecular weight is 454 g/mol. The number of halogens is 1. The Morgan fingerprint density at radius 1 is 1.04 bits per heavy atom. The Morgan fingerprint density at radius 3 is 2.25 bits per heavy atom. The molecule has 2 amide bonds. The highest BCUT2D eigenvalue weighted by molar-refractivity contribution is 9.09. The smallest absolute Gasteiger partial charge is 0.410 e. The molecule has 0 saturated carbocycles. The molecule has 7 heteroatoms. The van der Waals surface area contributed by atoms with Gasteiger partial charge in [-0.25, -0.2) is 4.79 Å². The summed E-state index contributed by atoms with van der Waals surface area (Å²) in [4.78, 5) is 28.1. The second-order valence-electron chi connectivity index (χ2n) is 8.05. The van der Waals surface area contributed by atoms with E-state index in [0.717, 1.165) is 49.1 Å². The summed E-state index contributed by atoms with van der Waals surface area (Å²) in [5.74, 6) is 0.0632. The van der Waals surface area contributed by atoms with E-state index in [9.17, 15) is 9.59 Å². The molecule has 0 atom stereocenters. The molecule has 1 heterocycles. The summed E-state index contributed by atoms with van der Waals surface area (Å²) in [5, 5.41) is 3.94. The normalized spacial score (nSPS) is 14.7. The second-order valence-corrected chi connectivity index (χ2v) is 8.84. The third-order valence-corrected chi connectivity index (χ3v) is 5.05. The van der Waals surface area contributed by atoms with E-state index >= 15 is 0 Å². The van der Waals surface area contributed by atoms with Crippen LogP contribution in [0.5, 0.6) is 0 Å². The first-order valence-electron chi connectivity index (χ1n) is 9.97. The van der Waals surface area contributed by atoms with Crippen molar-refractivity contribution in [2.75, 3.05) is 41.7 Å². The van der Waals surface area contributed by atoms with Crippen LogP contribution in [0.2, 0.25) is 0 Å². The highest BCUT2D eigenvalue weighted by Gasteiger charge is 2.25. The minimum absolute atomic E-state index is 0.0632. The third kappa shape index (κ3) is 7.70. The Labute approximate surface area is 176 Å². The van der Waals surface area contributed by atoms with E-state index in [2.05, 4.69) is 26.1 Å². The number of benzene rings is 1. The van der Waals surface area contributed by atoms with E-state index in [1.165, 1.54) is 0 Å². The number of nitrogens with one attached hydrogen (secondary N) is 1. The number of carbonyl (C=O) groups excluding carboxylic acids is 2. The number of ether oxygens (including phenoxy) is 1. The van der Waals surface area contributed by atoms with Gasteiger partial charge in [-0.3, -0.25) is 4.79 Å². The van der Waals surface area contributed by atoms with Gasteiger partial charge in [-0.15, -0.1) is 0 Å². The zero-order valence-corrected chi connectivity index (χ0v) is 18.8. The highest BCUT2D eigenvalue weighted by atomic mass is 79.9. The van der Waals surface area contributed by atoms with Crippen LogP contribution in [0.4, 0.5) is 16.2 Å². The van der Waals surface area contributed by atoms with Crippen molar-refractivity contribution in [1.29, 1.82) is 0 Å². The average Bonchev–Trinajstić information content (AvgIpc) is 2.65. The third-order valence-electron chi connectivity index (χ3n) is 4.49. The fourth-order valence-electron chi connectivity index (χ4n) is 3.01. The van der Waals surface area contributed by atoms with E-state index in [1.807, 2.05) is 45.0 Å². The lowest BCUT2D eigenvalue weighted by Gasteiger charge is -2.36. The van der Waals surface area contributed by atoms with Crippen LogP contribution in [0.3, 0.4) is 0 Å². The number of piperazine rings is 1. The first kappa shape index (κ1) is 22.5. The molecule has 6 nitrogen and oxygen atoms in total. The van der Waals surface area contributed by atoms with Crippen molar-refractivity contribution < 1.29 is 14.3 Å². The van der Waals surface area contributed by atoms with E-state index in [0.29, 0.717) is 19.5 Å². The lowest BCUT2D eigenvalue weighted by molar-refractivity contribution is -0.116. The first-order valence-corrected chi connectivity index (χ1v) is 11.1. The number of anilines is 2. The lowest BCUT2D eigenvalue weighted by atomic mass is 10.2. The van der Waals surface area contributed by atoms with Crippen LogP contribution < -0.4 is 10.2 Å². The Morgan fingerprint density at radius 2 is 1.68 bits per heavy atom. The molecule has 1 aliphatic heterocycles. The Hall–Kier alpha value is -1.76. The van der Waals surface area contributed by atoms with Crippen molar-refractivity contribution in [3.05, 3.63) is 24.3 Å². The Balaban J connectivity index is 1.78. The van der Waals surface area contributed by atoms with Crippen molar-refractivity contribution in [1.82, 2.24) is 4.90 Å². The van der Waals surface area contributed by atoms with Crippen molar-refractivity contribution >= 4 is 39.3 Å². The number of alkyl halides is 1. The second kappa shape index (κ2) is 10.7. The fourth-order valence-corrected chi connectivity index (χ4v) is 3.41. The van der Waals surface area contributed by atoms with Gasteiger partial charge >= 0.3 is 6.09 Å². The van der Waals surface area contributed by atoms with Gasteiger partial charge in [-0.05, 0) is 57.9 Å². The van der Waals surface area contributed by atoms with Gasteiger partial charge in [0.2, 0.25) is 5.91 Å². The maximum Gasteiger partial charge on any atom is 0.410 e. The number of nitrogens with zero attached hydrogens (tertiary/aromatic N) is 2. The van der Waals surface area contributed by atoms with Crippen LogP contribution in [-0.4, -0.2) is 54.0 Å². The molecule has 0 aliphatic carbocycles. The summed E-state index contributed by atoms with van der Waals surface area (Å²) in [6, 6.07) is 7.91. The topological polar surface area (TPSA) is 61.9 Å². The van der Waals surface area contributed by atoms with Gasteiger partial charge in [-0.2, -0.15) is 0 Å².